The third-order valence-electron chi connectivity index (χ3n) is 4.43. The molecule has 1 aliphatic heterocycles. The van der Waals surface area contributed by atoms with Crippen LogP contribution in [0.2, 0.25) is 0 Å². The van der Waals surface area contributed by atoms with Crippen molar-refractivity contribution in [2.45, 2.75) is 33.6 Å². The van der Waals surface area contributed by atoms with Crippen LogP contribution in [0.3, 0.4) is 0 Å². The smallest absolute Gasteiger partial charge is 0.340 e. The molecule has 0 atom stereocenters. The Morgan fingerprint density at radius 2 is 1.93 bits per heavy atom. The highest BCUT2D eigenvalue weighted by Gasteiger charge is 2.36. The van der Waals surface area contributed by atoms with E-state index in [0.29, 0.717) is 41.5 Å². The van der Waals surface area contributed by atoms with Crippen molar-refractivity contribution in [1.29, 1.82) is 0 Å². The topological polar surface area (TPSA) is 65.1 Å². The molecule has 0 aromatic heterocycles. The van der Waals surface area contributed by atoms with Crippen LogP contribution in [0.25, 0.3) is 6.08 Å². The fourth-order valence-electron chi connectivity index (χ4n) is 3.03. The van der Waals surface area contributed by atoms with Gasteiger partial charge in [0, 0.05) is 12.2 Å². The summed E-state index contributed by atoms with van der Waals surface area (Å²) >= 11 is 0. The second-order valence-corrected chi connectivity index (χ2v) is 6.16. The largest absolute Gasteiger partial charge is 0.493 e. The van der Waals surface area contributed by atoms with Crippen molar-refractivity contribution in [3.63, 3.8) is 0 Å². The summed E-state index contributed by atoms with van der Waals surface area (Å²) in [4.78, 5) is 26.9. The number of rotatable bonds is 8. The Hall–Kier alpha value is -2.76. The van der Waals surface area contributed by atoms with Gasteiger partial charge in [-0.2, -0.15) is 0 Å². The van der Waals surface area contributed by atoms with Crippen LogP contribution in [0.5, 0.6) is 11.5 Å². The summed E-state index contributed by atoms with van der Waals surface area (Å²) in [6.07, 6.45) is 3.52. The zero-order valence-corrected chi connectivity index (χ0v) is 16.6. The van der Waals surface area contributed by atoms with E-state index >= 15 is 0 Å². The standard InChI is InChI=1S/C21H27NO5/c1-6-8-11-22-14(3)19(21(24)26-5)16(20(22)23)12-15-9-10-17(27-7-2)18(13-15)25-4/h9-10,12-13H,6-8,11H2,1-5H3/b16-12-. The number of hydrogen-bond acceptors (Lipinski definition) is 5. The monoisotopic (exact) mass is 373 g/mol. The second kappa shape index (κ2) is 9.26. The SMILES string of the molecule is CCCCN1C(=O)/C(=C\c2ccc(OCC)c(OC)c2)C(C(=O)OC)=C1C. The van der Waals surface area contributed by atoms with Gasteiger partial charge in [-0.15, -0.1) is 0 Å². The Morgan fingerprint density at radius 1 is 1.19 bits per heavy atom. The molecule has 0 saturated carbocycles. The van der Waals surface area contributed by atoms with Gasteiger partial charge in [0.15, 0.2) is 11.5 Å². The molecule has 1 heterocycles. The number of allylic oxidation sites excluding steroid dienone is 1. The number of unbranched alkanes of at least 4 members (excludes halogenated alkanes) is 1. The van der Waals surface area contributed by atoms with Gasteiger partial charge in [0.25, 0.3) is 5.91 Å². The number of ether oxygens (including phenoxy) is 3. The number of esters is 1. The second-order valence-electron chi connectivity index (χ2n) is 6.16. The summed E-state index contributed by atoms with van der Waals surface area (Å²) in [5.41, 5.74) is 2.02. The molecule has 1 amide bonds. The average Bonchev–Trinajstić information content (AvgIpc) is 2.90. The molecule has 0 bridgehead atoms. The minimum absolute atomic E-state index is 0.186. The van der Waals surface area contributed by atoms with Crippen LogP contribution in [-0.4, -0.2) is 44.1 Å². The molecule has 0 unspecified atom stereocenters. The van der Waals surface area contributed by atoms with E-state index < -0.39 is 5.97 Å². The first-order valence-electron chi connectivity index (χ1n) is 9.12. The number of hydrogen-bond donors (Lipinski definition) is 0. The molecule has 1 aromatic rings. The molecule has 0 saturated heterocycles. The van der Waals surface area contributed by atoms with Crippen LogP contribution in [-0.2, 0) is 14.3 Å². The minimum Gasteiger partial charge on any atom is -0.493 e. The van der Waals surface area contributed by atoms with Gasteiger partial charge >= 0.3 is 5.97 Å². The molecule has 0 N–H and O–H groups in total. The molecule has 6 nitrogen and oxygen atoms in total. The summed E-state index contributed by atoms with van der Waals surface area (Å²) in [6.45, 7) is 6.83. The highest BCUT2D eigenvalue weighted by atomic mass is 16.5. The van der Waals surface area contributed by atoms with Crippen LogP contribution in [0, 0.1) is 0 Å². The maximum Gasteiger partial charge on any atom is 0.340 e. The summed E-state index contributed by atoms with van der Waals surface area (Å²) in [5, 5.41) is 0. The fourth-order valence-corrected chi connectivity index (χ4v) is 3.03. The first-order valence-corrected chi connectivity index (χ1v) is 9.12. The van der Waals surface area contributed by atoms with Gasteiger partial charge in [0.1, 0.15) is 0 Å². The van der Waals surface area contributed by atoms with Crippen molar-refractivity contribution in [2.75, 3.05) is 27.4 Å². The third-order valence-corrected chi connectivity index (χ3v) is 4.43. The highest BCUT2D eigenvalue weighted by molar-refractivity contribution is 6.16. The van der Waals surface area contributed by atoms with Crippen LogP contribution >= 0.6 is 0 Å². The van der Waals surface area contributed by atoms with Crippen LogP contribution in [0.4, 0.5) is 0 Å². The molecule has 0 aliphatic carbocycles. The van der Waals surface area contributed by atoms with E-state index in [-0.39, 0.29) is 5.91 Å². The van der Waals surface area contributed by atoms with Gasteiger partial charge in [-0.05, 0) is 44.0 Å². The lowest BCUT2D eigenvalue weighted by Gasteiger charge is -2.17. The predicted molar refractivity (Wildman–Crippen MR) is 103 cm³/mol. The predicted octanol–water partition coefficient (Wildman–Crippen LogP) is 3.57. The number of benzene rings is 1. The molecule has 27 heavy (non-hydrogen) atoms. The number of nitrogens with zero attached hydrogens (tertiary/aromatic N) is 1. The van der Waals surface area contributed by atoms with Crippen molar-refractivity contribution in [2.24, 2.45) is 0 Å². The van der Waals surface area contributed by atoms with Gasteiger partial charge in [0.2, 0.25) is 0 Å². The van der Waals surface area contributed by atoms with Gasteiger partial charge in [0.05, 0.1) is 32.0 Å². The van der Waals surface area contributed by atoms with E-state index in [1.54, 1.807) is 37.1 Å². The summed E-state index contributed by atoms with van der Waals surface area (Å²) < 4.78 is 15.8. The lowest BCUT2D eigenvalue weighted by Crippen LogP contribution is -2.26. The average molecular weight is 373 g/mol. The summed E-state index contributed by atoms with van der Waals surface area (Å²) in [7, 11) is 2.88. The Morgan fingerprint density at radius 3 is 2.52 bits per heavy atom. The molecular formula is C21H27NO5. The van der Waals surface area contributed by atoms with Crippen molar-refractivity contribution < 1.29 is 23.8 Å². The lowest BCUT2D eigenvalue weighted by atomic mass is 10.0. The van der Waals surface area contributed by atoms with E-state index in [2.05, 4.69) is 6.92 Å². The van der Waals surface area contributed by atoms with Crippen LogP contribution < -0.4 is 9.47 Å². The first-order chi connectivity index (χ1) is 13.0. The van der Waals surface area contributed by atoms with Gasteiger partial charge in [-0.1, -0.05) is 19.4 Å². The van der Waals surface area contributed by atoms with Crippen LogP contribution in [0.1, 0.15) is 39.2 Å². The van der Waals surface area contributed by atoms with Crippen molar-refractivity contribution >= 4 is 18.0 Å². The normalized spacial score (nSPS) is 15.5. The fraction of sp³-hybridized carbons (Fsp3) is 0.429. The Kier molecular flexibility index (Phi) is 7.05. The summed E-state index contributed by atoms with van der Waals surface area (Å²) in [5.74, 6) is 0.502. The Bertz CT molecular complexity index is 779. The number of carbonyl (C=O) groups is 2. The zero-order valence-electron chi connectivity index (χ0n) is 16.6. The van der Waals surface area contributed by atoms with E-state index in [1.165, 1.54) is 7.11 Å². The van der Waals surface area contributed by atoms with Gasteiger partial charge < -0.3 is 19.1 Å². The van der Waals surface area contributed by atoms with E-state index in [1.807, 2.05) is 13.0 Å². The van der Waals surface area contributed by atoms with Crippen LogP contribution in [0.15, 0.2) is 35.0 Å². The van der Waals surface area contributed by atoms with Crippen molar-refractivity contribution in [1.82, 2.24) is 4.90 Å². The Labute approximate surface area is 160 Å². The van der Waals surface area contributed by atoms with E-state index in [9.17, 15) is 9.59 Å². The van der Waals surface area contributed by atoms with Gasteiger partial charge in [-0.3, -0.25) is 4.79 Å². The van der Waals surface area contributed by atoms with Gasteiger partial charge in [-0.25, -0.2) is 4.79 Å². The molecule has 6 heteroatoms. The minimum atomic E-state index is -0.510. The maximum absolute atomic E-state index is 12.9. The summed E-state index contributed by atoms with van der Waals surface area (Å²) in [6, 6.07) is 5.40. The number of amides is 1. The van der Waals surface area contributed by atoms with Crippen molar-refractivity contribution in [3.8, 4) is 11.5 Å². The molecule has 0 fully saturated rings. The number of methoxy groups -OCH3 is 2. The first kappa shape index (κ1) is 20.6. The molecule has 146 valence electrons. The molecule has 1 aliphatic rings. The molecule has 1 aromatic carbocycles. The highest BCUT2D eigenvalue weighted by Crippen LogP contribution is 2.34. The lowest BCUT2D eigenvalue weighted by molar-refractivity contribution is -0.136. The zero-order chi connectivity index (χ0) is 20.0. The van der Waals surface area contributed by atoms with Crippen molar-refractivity contribution in [3.05, 3.63) is 40.6 Å². The third kappa shape index (κ3) is 4.32. The molecule has 0 spiro atoms. The molecule has 0 radical (unpaired) electrons. The Balaban J connectivity index is 2.47. The molecule has 2 rings (SSSR count). The van der Waals surface area contributed by atoms with E-state index in [4.69, 9.17) is 14.2 Å². The maximum atomic E-state index is 12.9. The van der Waals surface area contributed by atoms with E-state index in [0.717, 1.165) is 18.4 Å². The molecular weight excluding hydrogens is 346 g/mol. The quantitative estimate of drug-likeness (QED) is 0.515. The number of carbonyl (C=O) groups excluding carboxylic acids is 2.